The van der Waals surface area contributed by atoms with Crippen LogP contribution in [0.3, 0.4) is 0 Å². The molecule has 0 saturated carbocycles. The van der Waals surface area contributed by atoms with Crippen molar-refractivity contribution in [3.8, 4) is 5.69 Å². The van der Waals surface area contributed by atoms with Gasteiger partial charge in [-0.2, -0.15) is 4.68 Å². The zero-order valence-electron chi connectivity index (χ0n) is 18.9. The molecule has 4 aliphatic heterocycles. The first-order valence-electron chi connectivity index (χ1n) is 11.9. The minimum absolute atomic E-state index is 0.112. The maximum absolute atomic E-state index is 13.4. The van der Waals surface area contributed by atoms with Crippen LogP contribution in [0.5, 0.6) is 0 Å². The van der Waals surface area contributed by atoms with Crippen LogP contribution in [-0.2, 0) is 33.6 Å². The number of ether oxygens (including phenoxy) is 1. The van der Waals surface area contributed by atoms with E-state index < -0.39 is 0 Å². The lowest BCUT2D eigenvalue weighted by Crippen LogP contribution is -2.45. The molecule has 1 spiro atoms. The molecule has 2 fully saturated rings. The molecular weight excluding hydrogens is 420 g/mol. The van der Waals surface area contributed by atoms with Crippen LogP contribution in [0.15, 0.2) is 30.0 Å². The number of carbonyl (C=O) groups is 2. The Kier molecular flexibility index (Phi) is 4.83. The highest BCUT2D eigenvalue weighted by atomic mass is 16.5. The van der Waals surface area contributed by atoms with Gasteiger partial charge in [-0.25, -0.2) is 4.79 Å². The number of piperidine rings is 1. The smallest absolute Gasteiger partial charge is 0.333 e. The Morgan fingerprint density at radius 2 is 2.03 bits per heavy atom. The first kappa shape index (κ1) is 20.5. The van der Waals surface area contributed by atoms with Gasteiger partial charge in [0.15, 0.2) is 5.82 Å². The van der Waals surface area contributed by atoms with Gasteiger partial charge in [0.25, 0.3) is 0 Å². The number of esters is 1. The lowest BCUT2D eigenvalue weighted by atomic mass is 9.76. The molecule has 1 amide bonds. The number of rotatable bonds is 4. The molecule has 5 heterocycles. The van der Waals surface area contributed by atoms with Crippen LogP contribution >= 0.6 is 0 Å². The number of cyclic esters (lactones) is 1. The minimum Gasteiger partial charge on any atom is -0.456 e. The Labute approximate surface area is 192 Å². The molecule has 2 saturated heterocycles. The number of benzene rings is 1. The van der Waals surface area contributed by atoms with E-state index in [1.54, 1.807) is 0 Å². The molecule has 0 N–H and O–H groups in total. The molecule has 9 nitrogen and oxygen atoms in total. The molecule has 2 aromatic rings. The van der Waals surface area contributed by atoms with Gasteiger partial charge in [-0.1, -0.05) is 12.1 Å². The molecule has 1 aromatic carbocycles. The summed E-state index contributed by atoms with van der Waals surface area (Å²) in [5, 5.41) is 12.0. The molecule has 6 rings (SSSR count). The standard InChI is InChI=1S/C24H28N6O3/c1-16-14-24(23(32)29(16)19-13-22(31)33-15-19)7-10-28(11-8-24)9-6-17-2-4-20-18(12-17)3-5-21-25-26-27-30(20)21/h2,4,12-13,16H,3,5-11,14-15H2,1H3/t16-/m0/s1. The summed E-state index contributed by atoms with van der Waals surface area (Å²) in [6.07, 6.45) is 6.92. The van der Waals surface area contributed by atoms with Gasteiger partial charge in [0.05, 0.1) is 16.8 Å². The molecule has 4 aliphatic rings. The Morgan fingerprint density at radius 3 is 2.82 bits per heavy atom. The third kappa shape index (κ3) is 3.45. The molecule has 172 valence electrons. The van der Waals surface area contributed by atoms with Crippen molar-refractivity contribution in [2.45, 2.75) is 51.5 Å². The summed E-state index contributed by atoms with van der Waals surface area (Å²) in [7, 11) is 0. The van der Waals surface area contributed by atoms with Gasteiger partial charge in [-0.3, -0.25) is 4.79 Å². The van der Waals surface area contributed by atoms with E-state index in [0.29, 0.717) is 0 Å². The Bertz CT molecular complexity index is 1150. The quantitative estimate of drug-likeness (QED) is 0.654. The van der Waals surface area contributed by atoms with Crippen LogP contribution in [0, 0.1) is 5.41 Å². The van der Waals surface area contributed by atoms with Crippen molar-refractivity contribution in [3.63, 3.8) is 0 Å². The second-order valence-electron chi connectivity index (χ2n) is 9.81. The van der Waals surface area contributed by atoms with E-state index in [2.05, 4.69) is 45.5 Å². The monoisotopic (exact) mass is 448 g/mol. The normalized spacial score (nSPS) is 24.1. The Hall–Kier alpha value is -3.07. The van der Waals surface area contributed by atoms with E-state index >= 15 is 0 Å². The molecule has 0 aliphatic carbocycles. The highest BCUT2D eigenvalue weighted by molar-refractivity contribution is 5.91. The van der Waals surface area contributed by atoms with Gasteiger partial charge in [0, 0.05) is 25.1 Å². The fourth-order valence-electron chi connectivity index (χ4n) is 6.02. The number of fused-ring (bicyclic) bond motifs is 3. The van der Waals surface area contributed by atoms with Crippen LogP contribution in [0.25, 0.3) is 5.69 Å². The SMILES string of the molecule is C[C@H]1CC2(CCN(CCc3ccc4c(c3)CCc3nnnn3-4)CC2)C(=O)N1C1=CC(=O)OC1. The summed E-state index contributed by atoms with van der Waals surface area (Å²) in [5.74, 6) is 0.757. The van der Waals surface area contributed by atoms with E-state index in [1.807, 2.05) is 9.58 Å². The number of aromatic nitrogens is 4. The number of nitrogens with zero attached hydrogens (tertiary/aromatic N) is 6. The maximum atomic E-state index is 13.4. The molecule has 1 atom stereocenters. The average Bonchev–Trinajstić information content (AvgIpc) is 3.52. The second kappa shape index (κ2) is 7.76. The number of aryl methyl sites for hydroxylation is 2. The molecule has 0 bridgehead atoms. The number of hydrogen-bond donors (Lipinski definition) is 0. The summed E-state index contributed by atoms with van der Waals surface area (Å²) in [6.45, 7) is 5.15. The lowest BCUT2D eigenvalue weighted by Gasteiger charge is -2.38. The van der Waals surface area contributed by atoms with Crippen molar-refractivity contribution in [2.24, 2.45) is 5.41 Å². The van der Waals surface area contributed by atoms with E-state index in [9.17, 15) is 9.59 Å². The van der Waals surface area contributed by atoms with E-state index in [4.69, 9.17) is 4.74 Å². The van der Waals surface area contributed by atoms with Crippen LogP contribution in [0.4, 0.5) is 0 Å². The van der Waals surface area contributed by atoms with Crippen molar-refractivity contribution in [2.75, 3.05) is 26.2 Å². The first-order valence-corrected chi connectivity index (χ1v) is 11.9. The Balaban J connectivity index is 1.07. The second-order valence-corrected chi connectivity index (χ2v) is 9.81. The fourth-order valence-corrected chi connectivity index (χ4v) is 6.02. The largest absolute Gasteiger partial charge is 0.456 e. The molecule has 0 unspecified atom stereocenters. The number of amides is 1. The molecular formula is C24H28N6O3. The molecule has 0 radical (unpaired) electrons. The van der Waals surface area contributed by atoms with E-state index in [0.717, 1.165) is 75.4 Å². The predicted molar refractivity (Wildman–Crippen MR) is 118 cm³/mol. The van der Waals surface area contributed by atoms with Crippen molar-refractivity contribution in [1.82, 2.24) is 30.0 Å². The van der Waals surface area contributed by atoms with Gasteiger partial charge >= 0.3 is 5.97 Å². The minimum atomic E-state index is -0.346. The van der Waals surface area contributed by atoms with Crippen molar-refractivity contribution < 1.29 is 14.3 Å². The number of hydrogen-bond acceptors (Lipinski definition) is 7. The third-order valence-electron chi connectivity index (χ3n) is 7.81. The summed E-state index contributed by atoms with van der Waals surface area (Å²) in [5.41, 5.74) is 4.16. The number of carbonyl (C=O) groups excluding carboxylic acids is 2. The Morgan fingerprint density at radius 1 is 1.18 bits per heavy atom. The third-order valence-corrected chi connectivity index (χ3v) is 7.81. The molecule has 9 heteroatoms. The van der Waals surface area contributed by atoms with Crippen molar-refractivity contribution >= 4 is 11.9 Å². The van der Waals surface area contributed by atoms with Gasteiger partial charge in [-0.15, -0.1) is 5.10 Å². The van der Waals surface area contributed by atoms with Gasteiger partial charge < -0.3 is 14.5 Å². The van der Waals surface area contributed by atoms with Gasteiger partial charge in [0.1, 0.15) is 6.61 Å². The highest BCUT2D eigenvalue weighted by Crippen LogP contribution is 2.46. The van der Waals surface area contributed by atoms with Crippen LogP contribution < -0.4 is 0 Å². The average molecular weight is 449 g/mol. The fraction of sp³-hybridized carbons (Fsp3) is 0.542. The zero-order valence-corrected chi connectivity index (χ0v) is 18.9. The predicted octanol–water partition coefficient (Wildman–Crippen LogP) is 1.45. The van der Waals surface area contributed by atoms with Crippen molar-refractivity contribution in [3.05, 3.63) is 46.9 Å². The van der Waals surface area contributed by atoms with Crippen LogP contribution in [-0.4, -0.2) is 74.2 Å². The highest BCUT2D eigenvalue weighted by Gasteiger charge is 2.52. The van der Waals surface area contributed by atoms with Crippen LogP contribution in [0.1, 0.15) is 43.1 Å². The van der Waals surface area contributed by atoms with Gasteiger partial charge in [-0.05, 0) is 79.7 Å². The number of likely N-dealkylation sites (tertiary alicyclic amines) is 2. The van der Waals surface area contributed by atoms with E-state index in [-0.39, 0.29) is 29.9 Å². The van der Waals surface area contributed by atoms with Gasteiger partial charge in [0.2, 0.25) is 5.91 Å². The zero-order chi connectivity index (χ0) is 22.6. The summed E-state index contributed by atoms with van der Waals surface area (Å²) in [4.78, 5) is 29.2. The number of tetrazole rings is 1. The summed E-state index contributed by atoms with van der Waals surface area (Å²) in [6, 6.07) is 6.72. The molecule has 1 aromatic heterocycles. The summed E-state index contributed by atoms with van der Waals surface area (Å²) < 4.78 is 6.89. The van der Waals surface area contributed by atoms with Crippen molar-refractivity contribution in [1.29, 1.82) is 0 Å². The van der Waals surface area contributed by atoms with E-state index in [1.165, 1.54) is 17.2 Å². The molecule has 33 heavy (non-hydrogen) atoms. The van der Waals surface area contributed by atoms with Crippen LogP contribution in [0.2, 0.25) is 0 Å². The lowest BCUT2D eigenvalue weighted by molar-refractivity contribution is -0.138. The maximum Gasteiger partial charge on any atom is 0.333 e. The summed E-state index contributed by atoms with van der Waals surface area (Å²) >= 11 is 0. The topological polar surface area (TPSA) is 93.5 Å². The first-order chi connectivity index (χ1) is 16.0.